The van der Waals surface area contributed by atoms with Gasteiger partial charge in [-0.25, -0.2) is 0 Å². The van der Waals surface area contributed by atoms with Crippen molar-refractivity contribution >= 4 is 22.7 Å². The van der Waals surface area contributed by atoms with Crippen molar-refractivity contribution in [2.24, 2.45) is 0 Å². The Labute approximate surface area is 219 Å². The molecule has 0 bridgehead atoms. The molecule has 0 atom stereocenters. The standard InChI is InChI=1S/C31H37N3O3/c1-22(2)34(30(36)28-11-8-18-37-28)21-29(35)33(20-23-12-14-25(15-13-23)31(3,4)5)17-16-24-19-32-27-10-7-6-9-26(24)27/h6-15,18-19,22,32H,16-17,20-21H2,1-5H3. The van der Waals surface area contributed by atoms with Crippen molar-refractivity contribution < 1.29 is 14.0 Å². The van der Waals surface area contributed by atoms with Crippen LogP contribution in [0.5, 0.6) is 0 Å². The second kappa shape index (κ2) is 11.1. The number of nitrogens with zero attached hydrogens (tertiary/aromatic N) is 2. The summed E-state index contributed by atoms with van der Waals surface area (Å²) in [6.45, 7) is 11.4. The van der Waals surface area contributed by atoms with Gasteiger partial charge in [0, 0.05) is 36.2 Å². The molecule has 0 aliphatic rings. The highest BCUT2D eigenvalue weighted by Crippen LogP contribution is 2.23. The Morgan fingerprint density at radius 3 is 2.35 bits per heavy atom. The molecule has 194 valence electrons. The molecule has 6 heteroatoms. The van der Waals surface area contributed by atoms with Crippen LogP contribution in [0.1, 0.15) is 61.9 Å². The van der Waals surface area contributed by atoms with Crippen molar-refractivity contribution in [2.45, 2.75) is 59.0 Å². The predicted octanol–water partition coefficient (Wildman–Crippen LogP) is 6.18. The number of aromatic nitrogens is 1. The van der Waals surface area contributed by atoms with Gasteiger partial charge >= 0.3 is 0 Å². The molecule has 0 saturated carbocycles. The van der Waals surface area contributed by atoms with Crippen LogP contribution >= 0.6 is 0 Å². The quantitative estimate of drug-likeness (QED) is 0.299. The van der Waals surface area contributed by atoms with Crippen LogP contribution < -0.4 is 0 Å². The first-order valence-electron chi connectivity index (χ1n) is 12.9. The molecule has 0 spiro atoms. The molecular weight excluding hydrogens is 462 g/mol. The summed E-state index contributed by atoms with van der Waals surface area (Å²) in [5, 5.41) is 1.17. The highest BCUT2D eigenvalue weighted by atomic mass is 16.3. The maximum atomic E-state index is 13.7. The van der Waals surface area contributed by atoms with Gasteiger partial charge in [0.15, 0.2) is 5.76 Å². The van der Waals surface area contributed by atoms with Crippen LogP contribution in [0.25, 0.3) is 10.9 Å². The minimum Gasteiger partial charge on any atom is -0.459 e. The third kappa shape index (κ3) is 6.31. The molecule has 4 rings (SSSR count). The smallest absolute Gasteiger partial charge is 0.290 e. The number of para-hydroxylation sites is 1. The van der Waals surface area contributed by atoms with E-state index >= 15 is 0 Å². The lowest BCUT2D eigenvalue weighted by Gasteiger charge is -2.30. The van der Waals surface area contributed by atoms with E-state index in [4.69, 9.17) is 4.42 Å². The van der Waals surface area contributed by atoms with E-state index in [0.717, 1.165) is 11.1 Å². The summed E-state index contributed by atoms with van der Waals surface area (Å²) in [4.78, 5) is 33.5. The number of hydrogen-bond donors (Lipinski definition) is 1. The van der Waals surface area contributed by atoms with Gasteiger partial charge in [0.1, 0.15) is 6.54 Å². The first-order valence-corrected chi connectivity index (χ1v) is 12.9. The van der Waals surface area contributed by atoms with E-state index in [-0.39, 0.29) is 35.6 Å². The number of carbonyl (C=O) groups is 2. The number of fused-ring (bicyclic) bond motifs is 1. The second-order valence-electron chi connectivity index (χ2n) is 10.9. The molecule has 0 fully saturated rings. The van der Waals surface area contributed by atoms with Gasteiger partial charge in [-0.2, -0.15) is 0 Å². The largest absolute Gasteiger partial charge is 0.459 e. The summed E-state index contributed by atoms with van der Waals surface area (Å²) >= 11 is 0. The van der Waals surface area contributed by atoms with Gasteiger partial charge in [0.2, 0.25) is 5.91 Å². The number of hydrogen-bond acceptors (Lipinski definition) is 3. The van der Waals surface area contributed by atoms with E-state index in [2.05, 4.69) is 62.2 Å². The SMILES string of the molecule is CC(C)N(CC(=O)N(CCc1c[nH]c2ccccc12)Cc1ccc(C(C)(C)C)cc1)C(=O)c1ccco1. The Morgan fingerprint density at radius 2 is 1.70 bits per heavy atom. The normalized spacial score (nSPS) is 11.7. The van der Waals surface area contributed by atoms with Gasteiger partial charge in [-0.1, -0.05) is 63.2 Å². The van der Waals surface area contributed by atoms with Crippen LogP contribution in [0.3, 0.4) is 0 Å². The number of aromatic amines is 1. The summed E-state index contributed by atoms with van der Waals surface area (Å²) in [6, 6.07) is 19.8. The van der Waals surface area contributed by atoms with Gasteiger partial charge < -0.3 is 19.2 Å². The third-order valence-corrected chi connectivity index (χ3v) is 6.79. The summed E-state index contributed by atoms with van der Waals surface area (Å²) in [7, 11) is 0. The summed E-state index contributed by atoms with van der Waals surface area (Å²) < 4.78 is 5.32. The minimum atomic E-state index is -0.278. The minimum absolute atomic E-state index is 0.00877. The molecule has 2 aromatic heterocycles. The molecule has 0 unspecified atom stereocenters. The number of amides is 2. The summed E-state index contributed by atoms with van der Waals surface area (Å²) in [5.74, 6) is -0.127. The average Bonchev–Trinajstić information content (AvgIpc) is 3.55. The Hall–Kier alpha value is -3.80. The highest BCUT2D eigenvalue weighted by molar-refractivity contribution is 5.94. The first kappa shape index (κ1) is 26.3. The van der Waals surface area contributed by atoms with E-state index in [1.54, 1.807) is 17.0 Å². The molecule has 0 aliphatic heterocycles. The lowest BCUT2D eigenvalue weighted by molar-refractivity contribution is -0.132. The van der Waals surface area contributed by atoms with Crippen LogP contribution in [0.2, 0.25) is 0 Å². The fourth-order valence-electron chi connectivity index (χ4n) is 4.49. The van der Waals surface area contributed by atoms with Gasteiger partial charge in [-0.15, -0.1) is 0 Å². The van der Waals surface area contributed by atoms with Crippen molar-refractivity contribution in [3.05, 3.63) is 95.6 Å². The van der Waals surface area contributed by atoms with E-state index < -0.39 is 0 Å². The van der Waals surface area contributed by atoms with Crippen molar-refractivity contribution in [3.8, 4) is 0 Å². The first-order chi connectivity index (χ1) is 17.6. The monoisotopic (exact) mass is 499 g/mol. The molecular formula is C31H37N3O3. The number of furan rings is 1. The number of H-pyrrole nitrogens is 1. The van der Waals surface area contributed by atoms with Crippen molar-refractivity contribution in [3.63, 3.8) is 0 Å². The number of carbonyl (C=O) groups excluding carboxylic acids is 2. The molecule has 0 saturated heterocycles. The fraction of sp³-hybridized carbons (Fsp3) is 0.355. The zero-order valence-corrected chi connectivity index (χ0v) is 22.5. The Kier molecular flexibility index (Phi) is 7.86. The number of rotatable bonds is 9. The van der Waals surface area contributed by atoms with Crippen LogP contribution in [0, 0.1) is 0 Å². The van der Waals surface area contributed by atoms with Gasteiger partial charge in [0.05, 0.1) is 6.26 Å². The van der Waals surface area contributed by atoms with E-state index in [0.29, 0.717) is 19.5 Å². The molecule has 2 amide bonds. The molecule has 2 aromatic carbocycles. The van der Waals surface area contributed by atoms with Gasteiger partial charge in [-0.05, 0) is 60.6 Å². The number of nitrogens with one attached hydrogen (secondary N) is 1. The van der Waals surface area contributed by atoms with Crippen molar-refractivity contribution in [2.75, 3.05) is 13.1 Å². The highest BCUT2D eigenvalue weighted by Gasteiger charge is 2.26. The average molecular weight is 500 g/mol. The van der Waals surface area contributed by atoms with Crippen molar-refractivity contribution in [1.29, 1.82) is 0 Å². The van der Waals surface area contributed by atoms with Crippen LogP contribution in [-0.4, -0.2) is 45.7 Å². The van der Waals surface area contributed by atoms with Crippen LogP contribution in [0.4, 0.5) is 0 Å². The molecule has 0 aliphatic carbocycles. The fourth-order valence-corrected chi connectivity index (χ4v) is 4.49. The number of benzene rings is 2. The molecule has 0 radical (unpaired) electrons. The zero-order valence-electron chi connectivity index (χ0n) is 22.5. The van der Waals surface area contributed by atoms with E-state index in [1.165, 1.54) is 22.8 Å². The van der Waals surface area contributed by atoms with Gasteiger partial charge in [-0.3, -0.25) is 9.59 Å². The van der Waals surface area contributed by atoms with Crippen LogP contribution in [-0.2, 0) is 23.2 Å². The van der Waals surface area contributed by atoms with E-state index in [1.807, 2.05) is 37.1 Å². The Balaban J connectivity index is 1.55. The maximum Gasteiger partial charge on any atom is 0.290 e. The zero-order chi connectivity index (χ0) is 26.6. The summed E-state index contributed by atoms with van der Waals surface area (Å²) in [6.07, 6.45) is 4.21. The lowest BCUT2D eigenvalue weighted by atomic mass is 9.87. The van der Waals surface area contributed by atoms with Gasteiger partial charge in [0.25, 0.3) is 5.91 Å². The molecule has 1 N–H and O–H groups in total. The molecule has 4 aromatic rings. The summed E-state index contributed by atoms with van der Waals surface area (Å²) in [5.41, 5.74) is 4.64. The topological polar surface area (TPSA) is 69.6 Å². The molecule has 6 nitrogen and oxygen atoms in total. The van der Waals surface area contributed by atoms with Crippen LogP contribution in [0.15, 0.2) is 77.5 Å². The predicted molar refractivity (Wildman–Crippen MR) is 147 cm³/mol. The molecule has 37 heavy (non-hydrogen) atoms. The second-order valence-corrected chi connectivity index (χ2v) is 10.9. The van der Waals surface area contributed by atoms with E-state index in [9.17, 15) is 9.59 Å². The molecule has 2 heterocycles. The lowest BCUT2D eigenvalue weighted by Crippen LogP contribution is -2.46. The van der Waals surface area contributed by atoms with Crippen molar-refractivity contribution in [1.82, 2.24) is 14.8 Å². The Morgan fingerprint density at radius 1 is 0.973 bits per heavy atom. The Bertz CT molecular complexity index is 1330. The maximum absolute atomic E-state index is 13.7. The third-order valence-electron chi connectivity index (χ3n) is 6.79.